The third-order valence-corrected chi connectivity index (χ3v) is 4.06. The molecular weight excluding hydrogens is 272 g/mol. The number of aromatic carboxylic acids is 1. The van der Waals surface area contributed by atoms with Crippen molar-refractivity contribution in [3.8, 4) is 10.7 Å². The Balaban J connectivity index is 2.04. The van der Waals surface area contributed by atoms with Crippen molar-refractivity contribution >= 4 is 28.9 Å². The predicted molar refractivity (Wildman–Crippen MR) is 69.3 cm³/mol. The van der Waals surface area contributed by atoms with Crippen LogP contribution in [-0.4, -0.2) is 21.0 Å². The van der Waals surface area contributed by atoms with Gasteiger partial charge in [0.25, 0.3) is 0 Å². The van der Waals surface area contributed by atoms with Crippen LogP contribution < -0.4 is 0 Å². The first kappa shape index (κ1) is 11.6. The zero-order valence-electron chi connectivity index (χ0n) is 9.26. The summed E-state index contributed by atoms with van der Waals surface area (Å²) >= 11 is 6.95. The SMILES string of the molecule is O=C(O)c1sc(-c2ccc(Cl)cn2)nc1C1CC1. The van der Waals surface area contributed by atoms with Gasteiger partial charge in [-0.05, 0) is 25.0 Å². The Kier molecular flexibility index (Phi) is 2.80. The van der Waals surface area contributed by atoms with Crippen LogP contribution in [0.25, 0.3) is 10.7 Å². The van der Waals surface area contributed by atoms with E-state index in [2.05, 4.69) is 9.97 Å². The maximum Gasteiger partial charge on any atom is 0.347 e. The predicted octanol–water partition coefficient (Wildman–Crippen LogP) is 3.43. The summed E-state index contributed by atoms with van der Waals surface area (Å²) < 4.78 is 0. The summed E-state index contributed by atoms with van der Waals surface area (Å²) in [7, 11) is 0. The first-order valence-electron chi connectivity index (χ1n) is 5.51. The summed E-state index contributed by atoms with van der Waals surface area (Å²) in [5.74, 6) is -0.594. The molecule has 1 fully saturated rings. The summed E-state index contributed by atoms with van der Waals surface area (Å²) in [6, 6.07) is 3.48. The van der Waals surface area contributed by atoms with Crippen LogP contribution in [0.1, 0.15) is 34.1 Å². The molecule has 0 unspecified atom stereocenters. The molecule has 0 spiro atoms. The fourth-order valence-corrected chi connectivity index (χ4v) is 2.81. The van der Waals surface area contributed by atoms with Gasteiger partial charge in [-0.15, -0.1) is 11.3 Å². The van der Waals surface area contributed by atoms with E-state index in [4.69, 9.17) is 11.6 Å². The number of carboxylic acids is 1. The van der Waals surface area contributed by atoms with Crippen LogP contribution in [-0.2, 0) is 0 Å². The second-order valence-corrected chi connectivity index (χ2v) is 5.61. The van der Waals surface area contributed by atoms with E-state index in [1.165, 1.54) is 17.5 Å². The van der Waals surface area contributed by atoms with Crippen LogP contribution in [0.4, 0.5) is 0 Å². The number of carboxylic acid groups (broad SMARTS) is 1. The fraction of sp³-hybridized carbons (Fsp3) is 0.250. The van der Waals surface area contributed by atoms with E-state index in [9.17, 15) is 9.90 Å². The molecule has 6 heteroatoms. The molecule has 0 aromatic carbocycles. The van der Waals surface area contributed by atoms with E-state index in [-0.39, 0.29) is 0 Å². The first-order chi connectivity index (χ1) is 8.65. The van der Waals surface area contributed by atoms with Gasteiger partial charge in [0, 0.05) is 12.1 Å². The Hall–Kier alpha value is -1.46. The summed E-state index contributed by atoms with van der Waals surface area (Å²) in [5, 5.41) is 10.4. The standard InChI is InChI=1S/C12H9ClN2O2S/c13-7-3-4-8(14-5-7)11-15-9(6-1-2-6)10(18-11)12(16)17/h3-6H,1-2H2,(H,16,17). The molecule has 0 aliphatic heterocycles. The third kappa shape index (κ3) is 2.11. The van der Waals surface area contributed by atoms with E-state index in [0.29, 0.717) is 32.2 Å². The normalized spacial score (nSPS) is 14.7. The van der Waals surface area contributed by atoms with Gasteiger partial charge in [-0.2, -0.15) is 0 Å². The lowest BCUT2D eigenvalue weighted by Gasteiger charge is -1.94. The van der Waals surface area contributed by atoms with Gasteiger partial charge in [0.05, 0.1) is 16.4 Å². The summed E-state index contributed by atoms with van der Waals surface area (Å²) in [4.78, 5) is 20.1. The number of hydrogen-bond acceptors (Lipinski definition) is 4. The van der Waals surface area contributed by atoms with Crippen molar-refractivity contribution in [1.29, 1.82) is 0 Å². The number of thiazole rings is 1. The molecule has 1 saturated carbocycles. The summed E-state index contributed by atoms with van der Waals surface area (Å²) in [5.41, 5.74) is 1.37. The van der Waals surface area contributed by atoms with Crippen LogP contribution in [0, 0.1) is 0 Å². The van der Waals surface area contributed by atoms with Crippen molar-refractivity contribution in [2.45, 2.75) is 18.8 Å². The van der Waals surface area contributed by atoms with E-state index < -0.39 is 5.97 Å². The fourth-order valence-electron chi connectivity index (χ4n) is 1.73. The number of carbonyl (C=O) groups is 1. The van der Waals surface area contributed by atoms with Crippen molar-refractivity contribution in [1.82, 2.24) is 9.97 Å². The van der Waals surface area contributed by atoms with E-state index in [1.807, 2.05) is 0 Å². The number of nitrogens with zero attached hydrogens (tertiary/aromatic N) is 2. The maximum atomic E-state index is 11.2. The zero-order chi connectivity index (χ0) is 12.7. The van der Waals surface area contributed by atoms with Gasteiger partial charge in [-0.25, -0.2) is 9.78 Å². The van der Waals surface area contributed by atoms with Gasteiger partial charge >= 0.3 is 5.97 Å². The molecule has 2 aromatic heterocycles. The third-order valence-electron chi connectivity index (χ3n) is 2.76. The molecule has 4 nitrogen and oxygen atoms in total. The summed E-state index contributed by atoms with van der Waals surface area (Å²) in [6.45, 7) is 0. The minimum absolute atomic E-state index is 0.313. The lowest BCUT2D eigenvalue weighted by molar-refractivity contribution is 0.0700. The second-order valence-electron chi connectivity index (χ2n) is 4.17. The van der Waals surface area contributed by atoms with Crippen LogP contribution >= 0.6 is 22.9 Å². The van der Waals surface area contributed by atoms with Crippen LogP contribution in [0.5, 0.6) is 0 Å². The van der Waals surface area contributed by atoms with Crippen molar-refractivity contribution in [3.63, 3.8) is 0 Å². The lowest BCUT2D eigenvalue weighted by atomic mass is 10.2. The molecule has 1 aliphatic rings. The monoisotopic (exact) mass is 280 g/mol. The number of rotatable bonds is 3. The van der Waals surface area contributed by atoms with Gasteiger partial charge in [-0.1, -0.05) is 11.6 Å². The average molecular weight is 281 g/mol. The van der Waals surface area contributed by atoms with Gasteiger partial charge in [0.2, 0.25) is 0 Å². The molecule has 0 amide bonds. The van der Waals surface area contributed by atoms with Crippen molar-refractivity contribution in [2.75, 3.05) is 0 Å². The molecule has 0 radical (unpaired) electrons. The molecule has 0 atom stereocenters. The zero-order valence-corrected chi connectivity index (χ0v) is 10.8. The maximum absolute atomic E-state index is 11.2. The molecule has 18 heavy (non-hydrogen) atoms. The Morgan fingerprint density at radius 1 is 1.44 bits per heavy atom. The van der Waals surface area contributed by atoms with E-state index in [1.54, 1.807) is 12.1 Å². The van der Waals surface area contributed by atoms with E-state index in [0.717, 1.165) is 12.8 Å². The van der Waals surface area contributed by atoms with Crippen LogP contribution in [0.15, 0.2) is 18.3 Å². The molecule has 1 aliphatic carbocycles. The number of pyridine rings is 1. The topological polar surface area (TPSA) is 63.1 Å². The van der Waals surface area contributed by atoms with Crippen molar-refractivity contribution in [3.05, 3.63) is 33.9 Å². The Labute approximate surface area is 112 Å². The number of halogens is 1. The Morgan fingerprint density at radius 2 is 2.22 bits per heavy atom. The van der Waals surface area contributed by atoms with Gasteiger partial charge in [0.1, 0.15) is 9.88 Å². The molecular formula is C12H9ClN2O2S. The molecule has 1 N–H and O–H groups in total. The molecule has 2 aromatic rings. The highest BCUT2D eigenvalue weighted by Crippen LogP contribution is 2.44. The lowest BCUT2D eigenvalue weighted by Crippen LogP contribution is -1.97. The molecule has 3 rings (SSSR count). The average Bonchev–Trinajstić information content (AvgIpc) is 3.09. The second kappa shape index (κ2) is 4.33. The molecule has 2 heterocycles. The first-order valence-corrected chi connectivity index (χ1v) is 6.70. The minimum Gasteiger partial charge on any atom is -0.477 e. The van der Waals surface area contributed by atoms with E-state index >= 15 is 0 Å². The molecule has 92 valence electrons. The molecule has 0 saturated heterocycles. The quantitative estimate of drug-likeness (QED) is 0.935. The minimum atomic E-state index is -0.908. The van der Waals surface area contributed by atoms with Gasteiger partial charge in [-0.3, -0.25) is 4.98 Å². The van der Waals surface area contributed by atoms with Crippen molar-refractivity contribution < 1.29 is 9.90 Å². The highest BCUT2D eigenvalue weighted by atomic mass is 35.5. The number of hydrogen-bond donors (Lipinski definition) is 1. The largest absolute Gasteiger partial charge is 0.477 e. The van der Waals surface area contributed by atoms with Crippen LogP contribution in [0.2, 0.25) is 5.02 Å². The Morgan fingerprint density at radius 3 is 2.78 bits per heavy atom. The van der Waals surface area contributed by atoms with Crippen LogP contribution in [0.3, 0.4) is 0 Å². The number of aromatic nitrogens is 2. The van der Waals surface area contributed by atoms with Gasteiger partial charge < -0.3 is 5.11 Å². The summed E-state index contributed by atoms with van der Waals surface area (Å²) in [6.07, 6.45) is 3.59. The van der Waals surface area contributed by atoms with Crippen molar-refractivity contribution in [2.24, 2.45) is 0 Å². The smallest absolute Gasteiger partial charge is 0.347 e. The highest BCUT2D eigenvalue weighted by Gasteiger charge is 2.32. The molecule has 0 bridgehead atoms. The highest BCUT2D eigenvalue weighted by molar-refractivity contribution is 7.17. The van der Waals surface area contributed by atoms with Gasteiger partial charge in [0.15, 0.2) is 0 Å². The Bertz CT molecular complexity index is 605.